The number of nitrogens with zero attached hydrogens (tertiary/aromatic N) is 2. The fourth-order valence-corrected chi connectivity index (χ4v) is 1.21. The molecule has 1 fully saturated rings. The first-order valence-electron chi connectivity index (χ1n) is 4.06. The van der Waals surface area contributed by atoms with Gasteiger partial charge in [0.1, 0.15) is 6.26 Å². The lowest BCUT2D eigenvalue weighted by Crippen LogP contribution is -2.40. The highest BCUT2D eigenvalue weighted by Gasteiger charge is 2.20. The van der Waals surface area contributed by atoms with Gasteiger partial charge in [-0.15, -0.1) is 0 Å². The Bertz CT molecular complexity index is 278. The Morgan fingerprint density at radius 3 is 2.92 bits per heavy atom. The number of hydrogen-bond donors (Lipinski definition) is 0. The molecule has 2 heterocycles. The molecule has 0 N–H and O–H groups in total. The second-order valence-electron chi connectivity index (χ2n) is 2.73. The Balaban J connectivity index is 2.04. The maximum atomic E-state index is 11.6. The largest absolute Gasteiger partial charge is 0.440 e. The van der Waals surface area contributed by atoms with Gasteiger partial charge in [-0.3, -0.25) is 4.79 Å². The minimum absolute atomic E-state index is 0.117. The van der Waals surface area contributed by atoms with Crippen molar-refractivity contribution in [3.8, 4) is 0 Å². The number of carbonyl (C=O) groups excluding carboxylic acids is 1. The summed E-state index contributed by atoms with van der Waals surface area (Å²) in [4.78, 5) is 16.9. The van der Waals surface area contributed by atoms with Crippen molar-refractivity contribution in [1.82, 2.24) is 9.88 Å². The van der Waals surface area contributed by atoms with Gasteiger partial charge in [-0.1, -0.05) is 0 Å². The minimum atomic E-state index is -0.117. The standard InChI is InChI=1S/C8H9N2O3/c11-8(7-5-13-6-9-7)10-1-3-12-4-2-10/h5H,1-4H2. The summed E-state index contributed by atoms with van der Waals surface area (Å²) in [5.74, 6) is -0.117. The molecule has 0 unspecified atom stereocenters. The molecular formula is C8H9N2O3. The SMILES string of the molecule is O=C(c1co[c]n1)N1CCOCC1. The highest BCUT2D eigenvalue weighted by molar-refractivity contribution is 5.91. The van der Waals surface area contributed by atoms with Crippen LogP contribution >= 0.6 is 0 Å². The van der Waals surface area contributed by atoms with E-state index in [9.17, 15) is 4.79 Å². The van der Waals surface area contributed by atoms with Crippen LogP contribution in [0.15, 0.2) is 10.7 Å². The van der Waals surface area contributed by atoms with Gasteiger partial charge < -0.3 is 14.1 Å². The molecule has 1 amide bonds. The predicted octanol–water partition coefficient (Wildman–Crippen LogP) is -0.0528. The van der Waals surface area contributed by atoms with E-state index >= 15 is 0 Å². The van der Waals surface area contributed by atoms with Gasteiger partial charge in [-0.05, 0) is 0 Å². The highest BCUT2D eigenvalue weighted by atomic mass is 16.5. The quantitative estimate of drug-likeness (QED) is 0.609. The molecule has 0 aliphatic carbocycles. The fourth-order valence-electron chi connectivity index (χ4n) is 1.21. The molecule has 1 radical (unpaired) electrons. The van der Waals surface area contributed by atoms with Crippen molar-refractivity contribution in [3.05, 3.63) is 18.4 Å². The lowest BCUT2D eigenvalue weighted by Gasteiger charge is -2.25. The number of amides is 1. The molecule has 0 atom stereocenters. The highest BCUT2D eigenvalue weighted by Crippen LogP contribution is 2.04. The summed E-state index contributed by atoms with van der Waals surface area (Å²) in [6.45, 7) is 2.41. The average molecular weight is 181 g/mol. The maximum absolute atomic E-state index is 11.6. The Kier molecular flexibility index (Phi) is 2.27. The normalized spacial score (nSPS) is 17.4. The Morgan fingerprint density at radius 1 is 1.54 bits per heavy atom. The molecule has 1 aromatic heterocycles. The van der Waals surface area contributed by atoms with Crippen LogP contribution in [0.4, 0.5) is 0 Å². The van der Waals surface area contributed by atoms with Crippen LogP contribution in [0.3, 0.4) is 0 Å². The number of oxazole rings is 1. The van der Waals surface area contributed by atoms with Crippen LogP contribution in [-0.4, -0.2) is 42.1 Å². The van der Waals surface area contributed by atoms with Gasteiger partial charge in [-0.2, -0.15) is 4.98 Å². The number of morpholine rings is 1. The van der Waals surface area contributed by atoms with Gasteiger partial charge in [0.25, 0.3) is 12.3 Å². The number of carbonyl (C=O) groups is 1. The van der Waals surface area contributed by atoms with E-state index in [1.54, 1.807) is 4.90 Å². The third-order valence-corrected chi connectivity index (χ3v) is 1.91. The first kappa shape index (κ1) is 8.25. The van der Waals surface area contributed by atoms with Crippen LogP contribution in [0.5, 0.6) is 0 Å². The van der Waals surface area contributed by atoms with Crippen LogP contribution in [0.25, 0.3) is 0 Å². The zero-order valence-electron chi connectivity index (χ0n) is 7.02. The van der Waals surface area contributed by atoms with E-state index in [4.69, 9.17) is 4.74 Å². The summed E-state index contributed by atoms with van der Waals surface area (Å²) >= 11 is 0. The van der Waals surface area contributed by atoms with Crippen LogP contribution < -0.4 is 0 Å². The molecule has 1 aliphatic heterocycles. The molecule has 5 heteroatoms. The minimum Gasteiger partial charge on any atom is -0.440 e. The van der Waals surface area contributed by atoms with Gasteiger partial charge in [0, 0.05) is 13.1 Å². The summed E-state index contributed by atoms with van der Waals surface area (Å²) in [5.41, 5.74) is 0.307. The lowest BCUT2D eigenvalue weighted by molar-refractivity contribution is 0.0299. The van der Waals surface area contributed by atoms with E-state index in [0.717, 1.165) is 0 Å². The van der Waals surface area contributed by atoms with Crippen molar-refractivity contribution < 1.29 is 13.9 Å². The number of ether oxygens (including phenoxy) is 1. The summed E-state index contributed by atoms with van der Waals surface area (Å²) < 4.78 is 9.73. The van der Waals surface area contributed by atoms with E-state index in [-0.39, 0.29) is 5.91 Å². The first-order chi connectivity index (χ1) is 6.38. The Labute approximate surface area is 75.3 Å². The number of rotatable bonds is 1. The molecule has 69 valence electrons. The summed E-state index contributed by atoms with van der Waals surface area (Å²) in [5, 5.41) is 0. The topological polar surface area (TPSA) is 55.6 Å². The van der Waals surface area contributed by atoms with Gasteiger partial charge in [0.05, 0.1) is 13.2 Å². The molecule has 0 bridgehead atoms. The molecule has 0 spiro atoms. The van der Waals surface area contributed by atoms with Crippen LogP contribution in [0, 0.1) is 6.39 Å². The molecule has 5 nitrogen and oxygen atoms in total. The Morgan fingerprint density at radius 2 is 2.31 bits per heavy atom. The average Bonchev–Trinajstić information content (AvgIpc) is 2.71. The maximum Gasteiger partial charge on any atom is 0.284 e. The number of hydrogen-bond acceptors (Lipinski definition) is 4. The molecule has 1 saturated heterocycles. The third kappa shape index (κ3) is 1.70. The fraction of sp³-hybridized carbons (Fsp3) is 0.500. The lowest BCUT2D eigenvalue weighted by atomic mass is 10.3. The monoisotopic (exact) mass is 181 g/mol. The second kappa shape index (κ2) is 3.57. The summed E-state index contributed by atoms with van der Waals surface area (Å²) in [7, 11) is 0. The zero-order valence-corrected chi connectivity index (χ0v) is 7.02. The van der Waals surface area contributed by atoms with Crippen molar-refractivity contribution in [2.75, 3.05) is 26.3 Å². The van der Waals surface area contributed by atoms with Crippen molar-refractivity contribution in [2.45, 2.75) is 0 Å². The van der Waals surface area contributed by atoms with E-state index in [1.807, 2.05) is 0 Å². The molecule has 1 aliphatic rings. The van der Waals surface area contributed by atoms with Crippen LogP contribution in [0.2, 0.25) is 0 Å². The molecule has 0 saturated carbocycles. The molecule has 1 aromatic rings. The van der Waals surface area contributed by atoms with Crippen molar-refractivity contribution in [1.29, 1.82) is 0 Å². The van der Waals surface area contributed by atoms with Gasteiger partial charge in [-0.25, -0.2) is 0 Å². The molecule has 13 heavy (non-hydrogen) atoms. The van der Waals surface area contributed by atoms with E-state index in [0.29, 0.717) is 32.0 Å². The molecule has 0 aromatic carbocycles. The number of aromatic nitrogens is 1. The van der Waals surface area contributed by atoms with Gasteiger partial charge in [0.15, 0.2) is 5.69 Å². The third-order valence-electron chi connectivity index (χ3n) is 1.91. The van der Waals surface area contributed by atoms with Crippen molar-refractivity contribution in [2.24, 2.45) is 0 Å². The smallest absolute Gasteiger partial charge is 0.284 e. The first-order valence-corrected chi connectivity index (χ1v) is 4.06. The van der Waals surface area contributed by atoms with E-state index in [2.05, 4.69) is 15.8 Å². The summed E-state index contributed by atoms with van der Waals surface area (Å²) in [6, 6.07) is 0. The molecular weight excluding hydrogens is 172 g/mol. The van der Waals surface area contributed by atoms with Crippen molar-refractivity contribution >= 4 is 5.91 Å². The van der Waals surface area contributed by atoms with Gasteiger partial charge >= 0.3 is 0 Å². The molecule has 2 rings (SSSR count). The predicted molar refractivity (Wildman–Crippen MR) is 42.1 cm³/mol. The second-order valence-corrected chi connectivity index (χ2v) is 2.73. The zero-order chi connectivity index (χ0) is 9.10. The van der Waals surface area contributed by atoms with E-state index in [1.165, 1.54) is 6.26 Å². The Hall–Kier alpha value is -1.36. The van der Waals surface area contributed by atoms with E-state index < -0.39 is 0 Å². The van der Waals surface area contributed by atoms with Crippen molar-refractivity contribution in [3.63, 3.8) is 0 Å². The van der Waals surface area contributed by atoms with Crippen LogP contribution in [0.1, 0.15) is 10.5 Å². The van der Waals surface area contributed by atoms with Gasteiger partial charge in [0.2, 0.25) is 0 Å². The van der Waals surface area contributed by atoms with Crippen LogP contribution in [-0.2, 0) is 4.74 Å². The summed E-state index contributed by atoms with van der Waals surface area (Å²) in [6.07, 6.45) is 3.55.